The van der Waals surface area contributed by atoms with E-state index in [0.29, 0.717) is 0 Å². The smallest absolute Gasteiger partial charge is 0.0582 e. The monoisotopic (exact) mass is 1740 g/mol. The fraction of sp³-hybridized carbons (Fsp3) is 0.302. The van der Waals surface area contributed by atoms with Gasteiger partial charge in [-0.15, -0.1) is 0 Å². The molecule has 0 bridgehead atoms. The summed E-state index contributed by atoms with van der Waals surface area (Å²) in [6, 6.07) is 103. The number of rotatable bonds is 0. The third-order valence-electron chi connectivity index (χ3n) is 25.4. The van der Waals surface area contributed by atoms with Crippen molar-refractivity contribution in [2.45, 2.75) is 265 Å². The highest BCUT2D eigenvalue weighted by Crippen LogP contribution is 2.55. The topological polar surface area (TPSA) is 14.8 Å². The lowest BCUT2D eigenvalue weighted by atomic mass is 9.88. The van der Waals surface area contributed by atoms with Gasteiger partial charge >= 0.3 is 0 Å². The zero-order valence-electron chi connectivity index (χ0n) is 86.2. The van der Waals surface area contributed by atoms with Gasteiger partial charge in [-0.25, -0.2) is 0 Å². The molecule has 0 atom stereocenters. The zero-order valence-corrected chi connectivity index (χ0v) is 86.2. The van der Waals surface area contributed by atoms with Crippen molar-refractivity contribution in [1.82, 2.24) is 13.7 Å². The molecule has 27 rings (SSSR count). The van der Waals surface area contributed by atoms with Gasteiger partial charge in [-0.1, -0.05) is 426 Å². The van der Waals surface area contributed by atoms with Gasteiger partial charge in [0.15, 0.2) is 0 Å². The average molecular weight is 1750 g/mol. The van der Waals surface area contributed by atoms with Crippen LogP contribution in [0.15, 0.2) is 273 Å². The molecule has 0 fully saturated rings. The van der Waals surface area contributed by atoms with E-state index in [0.717, 1.165) is 57.8 Å². The molecule has 0 unspecified atom stereocenters. The first-order chi connectivity index (χ1) is 65.6. The van der Waals surface area contributed by atoms with Gasteiger partial charge in [0, 0.05) is 51.6 Å². The molecular weight excluding hydrogens is 1590 g/mol. The molecule has 15 aromatic carbocycles. The van der Waals surface area contributed by atoms with Gasteiger partial charge < -0.3 is 13.7 Å². The standard InChI is InChI=1S/3C33H21N.15C2H6/c1-3-9-23-19(7-1)13-21-14-22-16-29-27-15-20-8-2-4-10-24(20)28(27)17-30-25-11-5-6-12-31(25)34(33(29)30)32(22)18-26(21)23;1-3-9-24-19(7-1)13-21-15-22-16-29-32-23(14-20-8-2-4-10-25(20)32)17-28-26-11-5-6-12-30(26)34(33(28)29)31(22)18-27(21)24;1-3-9-22-19(7-1)15-27-24(22)13-14-31-28(27)18-21-17-26-23-10-4-2-8-20(23)16-29(26)32-25-11-5-6-12-30(25)34(31)33(21)32;15*1-2/h1-12,14,17-18H,13,15-16H2;1-12,15,17-18H,13-14,16H2;1-14,17H,15-16,18H2;15*1-2H3. The number of nitrogens with zero attached hydrogens (tertiary/aromatic N) is 3. The molecule has 18 aromatic rings. The minimum Gasteiger partial charge on any atom is -0.309 e. The van der Waals surface area contributed by atoms with Crippen molar-refractivity contribution >= 4 is 65.4 Å². The molecule has 0 spiro atoms. The summed E-state index contributed by atoms with van der Waals surface area (Å²) < 4.78 is 7.72. The van der Waals surface area contributed by atoms with E-state index in [4.69, 9.17) is 0 Å². The number of hydrogen-bond donors (Lipinski definition) is 0. The number of benzene rings is 15. The first-order valence-corrected chi connectivity index (χ1v) is 51.8. The van der Waals surface area contributed by atoms with Gasteiger partial charge in [-0.3, -0.25) is 0 Å². The lowest BCUT2D eigenvalue weighted by molar-refractivity contribution is 1.02. The molecule has 3 nitrogen and oxygen atoms in total. The zero-order chi connectivity index (χ0) is 95.9. The van der Waals surface area contributed by atoms with Gasteiger partial charge in [-0.2, -0.15) is 0 Å². The summed E-state index contributed by atoms with van der Waals surface area (Å²) in [5, 5.41) is 8.39. The van der Waals surface area contributed by atoms with Crippen LogP contribution in [0.25, 0.3) is 149 Å². The van der Waals surface area contributed by atoms with Crippen molar-refractivity contribution < 1.29 is 0 Å². The molecular formula is C129H153N3. The van der Waals surface area contributed by atoms with Gasteiger partial charge in [0.1, 0.15) is 0 Å². The Bertz CT molecular complexity index is 6960. The fourth-order valence-corrected chi connectivity index (χ4v) is 21.2. The number of hydrogen-bond acceptors (Lipinski definition) is 0. The Hall–Kier alpha value is -12.3. The van der Waals surface area contributed by atoms with Crippen LogP contribution in [-0.2, 0) is 57.8 Å². The van der Waals surface area contributed by atoms with Crippen LogP contribution in [0, 0.1) is 0 Å². The van der Waals surface area contributed by atoms with Crippen molar-refractivity contribution in [3.05, 3.63) is 373 Å². The maximum atomic E-state index is 2.57. The number of para-hydroxylation sites is 3. The van der Waals surface area contributed by atoms with Crippen LogP contribution in [-0.4, -0.2) is 13.7 Å². The SMILES string of the molecule is CC.CC.CC.CC.CC.CC.CC.CC.CC.CC.CC.CC.CC.CC.CC.c1ccc2c(c1)Cc1c-2ccc2c1Cc1cc3c(c4c5ccccc5n-2c14)Cc1ccccc1-3.c1ccc2c(c1)Cc1cc3c(cc1-2)-n1c2ccccc2c2cc4c(c(c21)C3)-c1ccccc1C4.c1ccc2c(c1)Cc1cc3c(cc1-2)-n1c2ccccc2c2cc4c(c(c21)C3)Cc1ccccc1-4. The maximum absolute atomic E-state index is 2.57. The van der Waals surface area contributed by atoms with Crippen LogP contribution in [0.1, 0.15) is 308 Å². The quantitative estimate of drug-likeness (QED) is 0.144. The van der Waals surface area contributed by atoms with Gasteiger partial charge in [0.2, 0.25) is 0 Å². The highest BCUT2D eigenvalue weighted by molar-refractivity contribution is 6.17. The molecule has 132 heavy (non-hydrogen) atoms. The summed E-state index contributed by atoms with van der Waals surface area (Å²) in [5.41, 5.74) is 56.2. The van der Waals surface area contributed by atoms with E-state index < -0.39 is 0 Å². The molecule has 0 radical (unpaired) electrons. The average Bonchev–Trinajstić information content (AvgIpc) is 1.54. The lowest BCUT2D eigenvalue weighted by Crippen LogP contribution is -2.11. The molecule has 0 saturated carbocycles. The summed E-state index contributed by atoms with van der Waals surface area (Å²) in [4.78, 5) is 0. The predicted molar refractivity (Wildman–Crippen MR) is 590 cm³/mol. The van der Waals surface area contributed by atoms with Crippen LogP contribution in [0.2, 0.25) is 0 Å². The molecule has 0 N–H and O–H groups in total. The Kier molecular flexibility index (Phi) is 36.8. The van der Waals surface area contributed by atoms with Crippen molar-refractivity contribution in [2.75, 3.05) is 0 Å². The van der Waals surface area contributed by atoms with Gasteiger partial charge in [-0.05, 0) is 260 Å². The molecule has 6 aliphatic carbocycles. The Morgan fingerprint density at radius 3 is 0.909 bits per heavy atom. The van der Waals surface area contributed by atoms with Crippen molar-refractivity contribution in [3.8, 4) is 83.8 Å². The normalized spacial score (nSPS) is 11.6. The van der Waals surface area contributed by atoms with Crippen LogP contribution >= 0.6 is 0 Å². The van der Waals surface area contributed by atoms with E-state index in [1.165, 1.54) is 249 Å². The van der Waals surface area contributed by atoms with Crippen molar-refractivity contribution in [2.24, 2.45) is 0 Å². The lowest BCUT2D eigenvalue weighted by Gasteiger charge is -2.24. The fourth-order valence-electron chi connectivity index (χ4n) is 21.2. The predicted octanol–water partition coefficient (Wildman–Crippen LogP) is 38.9. The number of aromatic nitrogens is 3. The maximum Gasteiger partial charge on any atom is 0.0582 e. The molecule has 684 valence electrons. The highest BCUT2D eigenvalue weighted by atomic mass is 15.0. The Morgan fingerprint density at radius 1 is 0.152 bits per heavy atom. The van der Waals surface area contributed by atoms with Crippen molar-refractivity contribution in [1.29, 1.82) is 0 Å². The van der Waals surface area contributed by atoms with E-state index in [2.05, 4.69) is 287 Å². The summed E-state index contributed by atoms with van der Waals surface area (Å²) in [5.74, 6) is 0. The first-order valence-electron chi connectivity index (χ1n) is 51.8. The van der Waals surface area contributed by atoms with E-state index >= 15 is 0 Å². The molecule has 6 heterocycles. The third kappa shape index (κ3) is 17.4. The van der Waals surface area contributed by atoms with E-state index in [-0.39, 0.29) is 0 Å². The third-order valence-corrected chi connectivity index (χ3v) is 25.4. The number of fused-ring (bicyclic) bond motifs is 37. The van der Waals surface area contributed by atoms with Gasteiger partial charge in [0.05, 0.1) is 50.2 Å². The Morgan fingerprint density at radius 2 is 0.455 bits per heavy atom. The Labute approximate surface area is 796 Å². The second-order valence-corrected chi connectivity index (χ2v) is 30.3. The molecule has 0 saturated heterocycles. The molecule has 3 aliphatic heterocycles. The summed E-state index contributed by atoms with van der Waals surface area (Å²) >= 11 is 0. The second-order valence-electron chi connectivity index (χ2n) is 30.3. The highest BCUT2D eigenvalue weighted by Gasteiger charge is 2.37. The van der Waals surface area contributed by atoms with Crippen LogP contribution in [0.3, 0.4) is 0 Å². The summed E-state index contributed by atoms with van der Waals surface area (Å²) in [6.07, 6.45) is 9.28. The molecule has 0 amide bonds. The van der Waals surface area contributed by atoms with Gasteiger partial charge in [0.25, 0.3) is 0 Å². The summed E-state index contributed by atoms with van der Waals surface area (Å²) in [6.45, 7) is 60.0. The largest absolute Gasteiger partial charge is 0.309 e. The van der Waals surface area contributed by atoms with Crippen LogP contribution in [0.5, 0.6) is 0 Å². The minimum atomic E-state index is 1.00. The second kappa shape index (κ2) is 47.7. The van der Waals surface area contributed by atoms with Crippen LogP contribution < -0.4 is 0 Å². The van der Waals surface area contributed by atoms with E-state index in [1.807, 2.05) is 208 Å². The van der Waals surface area contributed by atoms with E-state index in [1.54, 1.807) is 0 Å². The van der Waals surface area contributed by atoms with Crippen molar-refractivity contribution in [3.63, 3.8) is 0 Å². The Balaban J connectivity index is 0.000000180. The molecule has 3 heteroatoms. The molecule has 3 aromatic heterocycles. The summed E-state index contributed by atoms with van der Waals surface area (Å²) in [7, 11) is 0. The first kappa shape index (κ1) is 102. The van der Waals surface area contributed by atoms with E-state index in [9.17, 15) is 0 Å². The van der Waals surface area contributed by atoms with Crippen LogP contribution in [0.4, 0.5) is 0 Å². The molecule has 9 aliphatic rings. The minimum absolute atomic E-state index is 1.00.